The molecule has 0 aliphatic rings. The van der Waals surface area contributed by atoms with Crippen molar-refractivity contribution in [1.29, 1.82) is 0 Å². The van der Waals surface area contributed by atoms with Gasteiger partial charge in [0.05, 0.1) is 19.8 Å². The van der Waals surface area contributed by atoms with E-state index in [9.17, 15) is 9.50 Å². The molecule has 0 fully saturated rings. The van der Waals surface area contributed by atoms with Crippen molar-refractivity contribution >= 4 is 0 Å². The van der Waals surface area contributed by atoms with E-state index in [1.54, 1.807) is 18.2 Å². The maximum absolute atomic E-state index is 13.3. The average molecular weight is 248 g/mol. The Kier molecular flexibility index (Phi) is 3.37. The number of benzene rings is 2. The van der Waals surface area contributed by atoms with Gasteiger partial charge >= 0.3 is 0 Å². The molecule has 0 heterocycles. The zero-order valence-corrected chi connectivity index (χ0v) is 10.1. The number of aromatic hydroxyl groups is 1. The Morgan fingerprint density at radius 1 is 1.00 bits per heavy atom. The predicted octanol–water partition coefficient (Wildman–Crippen LogP) is 3.22. The highest BCUT2D eigenvalue weighted by Gasteiger charge is 2.13. The quantitative estimate of drug-likeness (QED) is 0.906. The summed E-state index contributed by atoms with van der Waals surface area (Å²) in [5.41, 5.74) is 1.11. The molecule has 0 amide bonds. The lowest BCUT2D eigenvalue weighted by Crippen LogP contribution is -1.93. The molecule has 2 aromatic carbocycles. The monoisotopic (exact) mass is 248 g/mol. The van der Waals surface area contributed by atoms with Crippen LogP contribution in [0.3, 0.4) is 0 Å². The summed E-state index contributed by atoms with van der Waals surface area (Å²) < 4.78 is 23.8. The van der Waals surface area contributed by atoms with E-state index in [0.717, 1.165) is 6.07 Å². The minimum Gasteiger partial charge on any atom is -0.508 e. The molecule has 3 nitrogen and oxygen atoms in total. The molecule has 0 atom stereocenters. The van der Waals surface area contributed by atoms with E-state index in [2.05, 4.69) is 0 Å². The van der Waals surface area contributed by atoms with E-state index in [-0.39, 0.29) is 5.75 Å². The molecular formula is C14H13FO3. The third-order valence-corrected chi connectivity index (χ3v) is 2.60. The second-order valence-electron chi connectivity index (χ2n) is 3.74. The maximum atomic E-state index is 13.3. The number of halogens is 1. The number of hydrogen-bond acceptors (Lipinski definition) is 3. The van der Waals surface area contributed by atoms with Crippen LogP contribution >= 0.6 is 0 Å². The summed E-state index contributed by atoms with van der Waals surface area (Å²) in [6.07, 6.45) is 0. The van der Waals surface area contributed by atoms with E-state index >= 15 is 0 Å². The topological polar surface area (TPSA) is 38.7 Å². The van der Waals surface area contributed by atoms with Gasteiger partial charge in [-0.05, 0) is 29.8 Å². The second-order valence-corrected chi connectivity index (χ2v) is 3.74. The zero-order valence-electron chi connectivity index (χ0n) is 10.1. The highest BCUT2D eigenvalue weighted by atomic mass is 19.1. The van der Waals surface area contributed by atoms with Crippen LogP contribution in [0, 0.1) is 5.82 Å². The van der Waals surface area contributed by atoms with Gasteiger partial charge in [-0.2, -0.15) is 0 Å². The molecule has 2 aromatic rings. The van der Waals surface area contributed by atoms with Crippen LogP contribution in [-0.4, -0.2) is 19.3 Å². The van der Waals surface area contributed by atoms with Crippen LogP contribution in [0.15, 0.2) is 36.4 Å². The summed E-state index contributed by atoms with van der Waals surface area (Å²) in [6.45, 7) is 0. The molecule has 0 unspecified atom stereocenters. The molecule has 2 rings (SSSR count). The normalized spacial score (nSPS) is 10.2. The summed E-state index contributed by atoms with van der Waals surface area (Å²) in [5, 5.41) is 9.46. The Morgan fingerprint density at radius 2 is 1.61 bits per heavy atom. The first-order valence-electron chi connectivity index (χ1n) is 5.36. The van der Waals surface area contributed by atoms with E-state index in [4.69, 9.17) is 9.47 Å². The van der Waals surface area contributed by atoms with Crippen LogP contribution in [0.4, 0.5) is 4.39 Å². The number of rotatable bonds is 3. The van der Waals surface area contributed by atoms with Crippen molar-refractivity contribution in [3.63, 3.8) is 0 Å². The first-order valence-corrected chi connectivity index (χ1v) is 5.36. The SMILES string of the molecule is COc1cccc(OC)c1-c1cc(O)cc(F)c1. The predicted molar refractivity (Wildman–Crippen MR) is 66.6 cm³/mol. The summed E-state index contributed by atoms with van der Waals surface area (Å²) in [7, 11) is 3.05. The first-order chi connectivity index (χ1) is 8.65. The lowest BCUT2D eigenvalue weighted by Gasteiger charge is -2.13. The highest BCUT2D eigenvalue weighted by Crippen LogP contribution is 2.39. The van der Waals surface area contributed by atoms with E-state index in [1.165, 1.54) is 26.4 Å². The Balaban J connectivity index is 2.68. The van der Waals surface area contributed by atoms with Gasteiger partial charge < -0.3 is 14.6 Å². The fourth-order valence-corrected chi connectivity index (χ4v) is 1.85. The second kappa shape index (κ2) is 4.96. The number of phenols is 1. The van der Waals surface area contributed by atoms with E-state index < -0.39 is 5.82 Å². The average Bonchev–Trinajstić information content (AvgIpc) is 2.36. The van der Waals surface area contributed by atoms with Gasteiger partial charge in [-0.25, -0.2) is 4.39 Å². The van der Waals surface area contributed by atoms with E-state index in [1.807, 2.05) is 0 Å². The van der Waals surface area contributed by atoms with Gasteiger partial charge in [0.2, 0.25) is 0 Å². The number of ether oxygens (including phenoxy) is 2. The lowest BCUT2D eigenvalue weighted by atomic mass is 10.0. The third kappa shape index (κ3) is 2.22. The van der Waals surface area contributed by atoms with Crippen molar-refractivity contribution in [3.05, 3.63) is 42.2 Å². The molecule has 0 saturated carbocycles. The Morgan fingerprint density at radius 3 is 2.11 bits per heavy atom. The molecule has 4 heteroatoms. The maximum Gasteiger partial charge on any atom is 0.130 e. The lowest BCUT2D eigenvalue weighted by molar-refractivity contribution is 0.397. The van der Waals surface area contributed by atoms with Crippen molar-refractivity contribution in [3.8, 4) is 28.4 Å². The van der Waals surface area contributed by atoms with Crippen molar-refractivity contribution in [2.75, 3.05) is 14.2 Å². The van der Waals surface area contributed by atoms with Crippen LogP contribution in [0.1, 0.15) is 0 Å². The molecule has 0 aliphatic carbocycles. The van der Waals surface area contributed by atoms with Gasteiger partial charge in [-0.3, -0.25) is 0 Å². The van der Waals surface area contributed by atoms with Crippen molar-refractivity contribution in [2.24, 2.45) is 0 Å². The smallest absolute Gasteiger partial charge is 0.130 e. The number of methoxy groups -OCH3 is 2. The van der Waals surface area contributed by atoms with Gasteiger partial charge in [0.25, 0.3) is 0 Å². The fraction of sp³-hybridized carbons (Fsp3) is 0.143. The number of phenolic OH excluding ortho intramolecular Hbond substituents is 1. The molecular weight excluding hydrogens is 235 g/mol. The largest absolute Gasteiger partial charge is 0.508 e. The summed E-state index contributed by atoms with van der Waals surface area (Å²) in [4.78, 5) is 0. The van der Waals surface area contributed by atoms with Crippen LogP contribution in [0.25, 0.3) is 11.1 Å². The first kappa shape index (κ1) is 12.2. The van der Waals surface area contributed by atoms with Crippen LogP contribution in [0.5, 0.6) is 17.2 Å². The standard InChI is InChI=1S/C14H13FO3/c1-17-12-4-3-5-13(18-2)14(12)9-6-10(15)8-11(16)7-9/h3-8,16H,1-2H3. The minimum absolute atomic E-state index is 0.141. The molecule has 0 saturated heterocycles. The highest BCUT2D eigenvalue weighted by molar-refractivity contribution is 5.77. The molecule has 18 heavy (non-hydrogen) atoms. The van der Waals surface area contributed by atoms with Gasteiger partial charge in [-0.1, -0.05) is 6.07 Å². The third-order valence-electron chi connectivity index (χ3n) is 2.60. The molecule has 0 bridgehead atoms. The van der Waals surface area contributed by atoms with Crippen LogP contribution < -0.4 is 9.47 Å². The van der Waals surface area contributed by atoms with E-state index in [0.29, 0.717) is 22.6 Å². The minimum atomic E-state index is -0.516. The van der Waals surface area contributed by atoms with Crippen molar-refractivity contribution < 1.29 is 19.0 Å². The zero-order chi connectivity index (χ0) is 13.1. The summed E-state index contributed by atoms with van der Waals surface area (Å²) in [6, 6.07) is 9.11. The summed E-state index contributed by atoms with van der Waals surface area (Å²) in [5.74, 6) is 0.453. The molecule has 0 radical (unpaired) electrons. The molecule has 0 aliphatic heterocycles. The Bertz CT molecular complexity index is 524. The summed E-state index contributed by atoms with van der Waals surface area (Å²) >= 11 is 0. The molecule has 94 valence electrons. The molecule has 1 N–H and O–H groups in total. The molecule has 0 spiro atoms. The van der Waals surface area contributed by atoms with Crippen molar-refractivity contribution in [2.45, 2.75) is 0 Å². The van der Waals surface area contributed by atoms with Gasteiger partial charge in [0, 0.05) is 6.07 Å². The van der Waals surface area contributed by atoms with Crippen LogP contribution in [-0.2, 0) is 0 Å². The Labute approximate surface area is 104 Å². The Hall–Kier alpha value is -2.23. The van der Waals surface area contributed by atoms with Gasteiger partial charge in [0.15, 0.2) is 0 Å². The van der Waals surface area contributed by atoms with Crippen LogP contribution in [0.2, 0.25) is 0 Å². The molecule has 0 aromatic heterocycles. The van der Waals surface area contributed by atoms with Gasteiger partial charge in [-0.15, -0.1) is 0 Å². The van der Waals surface area contributed by atoms with Crippen molar-refractivity contribution in [1.82, 2.24) is 0 Å². The van der Waals surface area contributed by atoms with Gasteiger partial charge in [0.1, 0.15) is 23.1 Å². The fourth-order valence-electron chi connectivity index (χ4n) is 1.85. The number of hydrogen-bond donors (Lipinski definition) is 1.